The molecule has 0 aromatic carbocycles. The van der Waals surface area contributed by atoms with Crippen LogP contribution in [0.3, 0.4) is 0 Å². The minimum Gasteiger partial charge on any atom is -0.469 e. The van der Waals surface area contributed by atoms with E-state index in [2.05, 4.69) is 15.4 Å². The van der Waals surface area contributed by atoms with Gasteiger partial charge >= 0.3 is 12.1 Å². The predicted molar refractivity (Wildman–Crippen MR) is 84.7 cm³/mol. The summed E-state index contributed by atoms with van der Waals surface area (Å²) in [5.74, 6) is -0.160. The minimum atomic E-state index is -0.456. The maximum atomic E-state index is 11.7. The van der Waals surface area contributed by atoms with E-state index < -0.39 is 5.60 Å². The normalized spacial score (nSPS) is 22.0. The molecule has 0 atom stereocenters. The van der Waals surface area contributed by atoms with E-state index in [-0.39, 0.29) is 18.1 Å². The van der Waals surface area contributed by atoms with Crippen molar-refractivity contribution in [3.63, 3.8) is 0 Å². The molecule has 0 bridgehead atoms. The Morgan fingerprint density at radius 1 is 1.09 bits per heavy atom. The van der Waals surface area contributed by atoms with Gasteiger partial charge in [-0.05, 0) is 59.4 Å². The molecule has 2 N–H and O–H groups in total. The SMILES string of the molecule is COC(=O)CCCNC1CCC(NC(=O)OC(C)(C)C)CC1. The first-order valence-corrected chi connectivity index (χ1v) is 8.10. The summed E-state index contributed by atoms with van der Waals surface area (Å²) < 4.78 is 9.88. The first-order chi connectivity index (χ1) is 10.3. The smallest absolute Gasteiger partial charge is 0.407 e. The van der Waals surface area contributed by atoms with Crippen molar-refractivity contribution < 1.29 is 19.1 Å². The number of carbonyl (C=O) groups is 2. The molecule has 0 heterocycles. The topological polar surface area (TPSA) is 76.7 Å². The highest BCUT2D eigenvalue weighted by Gasteiger charge is 2.24. The molecule has 1 rings (SSSR count). The maximum Gasteiger partial charge on any atom is 0.407 e. The lowest BCUT2D eigenvalue weighted by Gasteiger charge is -2.30. The molecule has 6 nitrogen and oxygen atoms in total. The summed E-state index contributed by atoms with van der Waals surface area (Å²) in [6, 6.07) is 0.664. The third-order valence-corrected chi connectivity index (χ3v) is 3.67. The van der Waals surface area contributed by atoms with E-state index in [4.69, 9.17) is 4.74 Å². The zero-order chi connectivity index (χ0) is 16.6. The molecular weight excluding hydrogens is 284 g/mol. The minimum absolute atomic E-state index is 0.160. The van der Waals surface area contributed by atoms with Crippen LogP contribution in [0.1, 0.15) is 59.3 Å². The lowest BCUT2D eigenvalue weighted by atomic mass is 9.91. The van der Waals surface area contributed by atoms with Crippen LogP contribution >= 0.6 is 0 Å². The van der Waals surface area contributed by atoms with Crippen molar-refractivity contribution in [3.8, 4) is 0 Å². The highest BCUT2D eigenvalue weighted by atomic mass is 16.6. The summed E-state index contributed by atoms with van der Waals surface area (Å²) in [5, 5.41) is 6.40. The van der Waals surface area contributed by atoms with Crippen LogP contribution in [-0.2, 0) is 14.3 Å². The molecule has 6 heteroatoms. The van der Waals surface area contributed by atoms with Gasteiger partial charge in [0, 0.05) is 18.5 Å². The van der Waals surface area contributed by atoms with Gasteiger partial charge in [-0.15, -0.1) is 0 Å². The van der Waals surface area contributed by atoms with Crippen molar-refractivity contribution in [2.24, 2.45) is 0 Å². The summed E-state index contributed by atoms with van der Waals surface area (Å²) in [4.78, 5) is 22.7. The molecule has 0 spiro atoms. The molecule has 128 valence electrons. The van der Waals surface area contributed by atoms with Gasteiger partial charge in [0.05, 0.1) is 7.11 Å². The van der Waals surface area contributed by atoms with Gasteiger partial charge in [0.1, 0.15) is 5.60 Å². The molecule has 1 aliphatic carbocycles. The lowest BCUT2D eigenvalue weighted by molar-refractivity contribution is -0.140. The number of hydrogen-bond donors (Lipinski definition) is 2. The Hall–Kier alpha value is -1.30. The average molecular weight is 314 g/mol. The molecular formula is C16H30N2O4. The third kappa shape index (κ3) is 8.22. The van der Waals surface area contributed by atoms with Crippen molar-refractivity contribution in [2.75, 3.05) is 13.7 Å². The number of ether oxygens (including phenoxy) is 2. The largest absolute Gasteiger partial charge is 0.469 e. The number of carbonyl (C=O) groups excluding carboxylic acids is 2. The number of rotatable bonds is 6. The summed E-state index contributed by atoms with van der Waals surface area (Å²) in [7, 11) is 1.41. The lowest BCUT2D eigenvalue weighted by Crippen LogP contribution is -2.44. The van der Waals surface area contributed by atoms with E-state index in [1.54, 1.807) is 0 Å². The van der Waals surface area contributed by atoms with Gasteiger partial charge in [-0.2, -0.15) is 0 Å². The fraction of sp³-hybridized carbons (Fsp3) is 0.875. The van der Waals surface area contributed by atoms with Crippen LogP contribution in [-0.4, -0.2) is 43.4 Å². The van der Waals surface area contributed by atoms with Crippen LogP contribution in [0.2, 0.25) is 0 Å². The molecule has 1 amide bonds. The molecule has 0 aromatic rings. The van der Waals surface area contributed by atoms with Crippen molar-refractivity contribution in [1.29, 1.82) is 0 Å². The zero-order valence-corrected chi connectivity index (χ0v) is 14.2. The zero-order valence-electron chi connectivity index (χ0n) is 14.2. The standard InChI is InChI=1S/C16H30N2O4/c1-16(2,3)22-15(20)18-13-9-7-12(8-10-13)17-11-5-6-14(19)21-4/h12-13,17H,5-11H2,1-4H3,(H,18,20). The number of hydrogen-bond acceptors (Lipinski definition) is 5. The van der Waals surface area contributed by atoms with Crippen LogP contribution in [0.25, 0.3) is 0 Å². The molecule has 1 fully saturated rings. The molecule has 0 unspecified atom stereocenters. The first kappa shape index (κ1) is 18.7. The van der Waals surface area contributed by atoms with E-state index in [0.29, 0.717) is 12.5 Å². The van der Waals surface area contributed by atoms with E-state index in [9.17, 15) is 9.59 Å². The van der Waals surface area contributed by atoms with Crippen LogP contribution < -0.4 is 10.6 Å². The molecule has 0 radical (unpaired) electrons. The van der Waals surface area contributed by atoms with Crippen LogP contribution in [0, 0.1) is 0 Å². The third-order valence-electron chi connectivity index (χ3n) is 3.67. The maximum absolute atomic E-state index is 11.7. The first-order valence-electron chi connectivity index (χ1n) is 8.10. The van der Waals surface area contributed by atoms with Crippen LogP contribution in [0.4, 0.5) is 4.79 Å². The van der Waals surface area contributed by atoms with E-state index in [1.807, 2.05) is 20.8 Å². The molecule has 0 aliphatic heterocycles. The quantitative estimate of drug-likeness (QED) is 0.581. The molecule has 22 heavy (non-hydrogen) atoms. The predicted octanol–water partition coefficient (Wildman–Crippen LogP) is 2.37. The Morgan fingerprint density at radius 2 is 1.68 bits per heavy atom. The van der Waals surface area contributed by atoms with E-state index in [0.717, 1.165) is 38.6 Å². The molecule has 0 saturated heterocycles. The Morgan fingerprint density at radius 3 is 2.23 bits per heavy atom. The van der Waals surface area contributed by atoms with Crippen molar-refractivity contribution in [1.82, 2.24) is 10.6 Å². The van der Waals surface area contributed by atoms with Crippen LogP contribution in [0.15, 0.2) is 0 Å². The number of nitrogens with one attached hydrogen (secondary N) is 2. The Balaban J connectivity index is 2.13. The Bertz CT molecular complexity index is 358. The van der Waals surface area contributed by atoms with Gasteiger partial charge in [-0.25, -0.2) is 4.79 Å². The summed E-state index contributed by atoms with van der Waals surface area (Å²) in [6.45, 7) is 6.41. The number of esters is 1. The van der Waals surface area contributed by atoms with Gasteiger partial charge < -0.3 is 20.1 Å². The van der Waals surface area contributed by atoms with Crippen molar-refractivity contribution in [3.05, 3.63) is 0 Å². The average Bonchev–Trinajstić information content (AvgIpc) is 2.43. The van der Waals surface area contributed by atoms with Gasteiger partial charge in [-0.3, -0.25) is 4.79 Å². The second-order valence-electron chi connectivity index (χ2n) is 6.83. The molecule has 1 aliphatic rings. The fourth-order valence-electron chi connectivity index (χ4n) is 2.56. The monoisotopic (exact) mass is 314 g/mol. The second-order valence-corrected chi connectivity index (χ2v) is 6.83. The fourth-order valence-corrected chi connectivity index (χ4v) is 2.56. The highest BCUT2D eigenvalue weighted by Crippen LogP contribution is 2.19. The Labute approximate surface area is 133 Å². The van der Waals surface area contributed by atoms with Crippen molar-refractivity contribution >= 4 is 12.1 Å². The Kier molecular flexibility index (Phi) is 7.65. The second kappa shape index (κ2) is 8.98. The summed E-state index contributed by atoms with van der Waals surface area (Å²) in [6.07, 6.45) is 4.88. The molecule has 1 saturated carbocycles. The molecule has 0 aromatic heterocycles. The van der Waals surface area contributed by atoms with E-state index >= 15 is 0 Å². The van der Waals surface area contributed by atoms with Gasteiger partial charge in [0.15, 0.2) is 0 Å². The number of alkyl carbamates (subject to hydrolysis) is 1. The van der Waals surface area contributed by atoms with Gasteiger partial charge in [-0.1, -0.05) is 0 Å². The van der Waals surface area contributed by atoms with E-state index in [1.165, 1.54) is 7.11 Å². The van der Waals surface area contributed by atoms with Gasteiger partial charge in [0.25, 0.3) is 0 Å². The van der Waals surface area contributed by atoms with Gasteiger partial charge in [0.2, 0.25) is 0 Å². The van der Waals surface area contributed by atoms with Crippen molar-refractivity contribution in [2.45, 2.75) is 77.0 Å². The summed E-state index contributed by atoms with van der Waals surface area (Å²) >= 11 is 0. The summed E-state index contributed by atoms with van der Waals surface area (Å²) in [5.41, 5.74) is -0.456. The highest BCUT2D eigenvalue weighted by molar-refractivity contribution is 5.69. The number of methoxy groups -OCH3 is 1. The number of amides is 1. The van der Waals surface area contributed by atoms with Crippen LogP contribution in [0.5, 0.6) is 0 Å².